The van der Waals surface area contributed by atoms with Crippen LogP contribution in [0.3, 0.4) is 0 Å². The number of amides is 2. The van der Waals surface area contributed by atoms with Crippen LogP contribution in [0, 0.1) is 0 Å². The minimum absolute atomic E-state index is 0.0359. The summed E-state index contributed by atoms with van der Waals surface area (Å²) in [6.45, 7) is 1.80. The third-order valence-electron chi connectivity index (χ3n) is 4.45. The van der Waals surface area contributed by atoms with Gasteiger partial charge in [0.15, 0.2) is 11.5 Å². The highest BCUT2D eigenvalue weighted by molar-refractivity contribution is 7.12. The highest BCUT2D eigenvalue weighted by Gasteiger charge is 2.15. The molecule has 0 atom stereocenters. The van der Waals surface area contributed by atoms with Crippen LogP contribution in [0.4, 0.5) is 0 Å². The van der Waals surface area contributed by atoms with Gasteiger partial charge in [0.1, 0.15) is 5.70 Å². The number of thiophene rings is 1. The molecule has 32 heavy (non-hydrogen) atoms. The molecule has 0 saturated carbocycles. The van der Waals surface area contributed by atoms with Crippen molar-refractivity contribution in [2.75, 3.05) is 14.2 Å². The lowest BCUT2D eigenvalue weighted by atomic mass is 10.1. The third kappa shape index (κ3) is 5.83. The molecule has 0 unspecified atom stereocenters. The number of nitrogens with one attached hydrogen (secondary N) is 2. The van der Waals surface area contributed by atoms with Crippen LogP contribution in [-0.2, 0) is 4.79 Å². The Hall–Kier alpha value is -3.91. The van der Waals surface area contributed by atoms with Crippen LogP contribution < -0.4 is 20.2 Å². The van der Waals surface area contributed by atoms with Crippen molar-refractivity contribution in [1.82, 2.24) is 10.7 Å². The average Bonchev–Trinajstić information content (AvgIpc) is 3.37. The number of hydrogen-bond acceptors (Lipinski definition) is 6. The number of benzene rings is 2. The SMILES string of the molecule is COc1ccc(/C=C(/NC(=O)c2ccccc2)C(=O)N/N=C(/C)c2cccs2)cc1OC. The number of hydrogen-bond donors (Lipinski definition) is 2. The molecule has 0 radical (unpaired) electrons. The second-order valence-electron chi connectivity index (χ2n) is 6.61. The molecule has 0 aliphatic rings. The van der Waals surface area contributed by atoms with Crippen LogP contribution >= 0.6 is 11.3 Å². The normalized spacial score (nSPS) is 11.6. The molecule has 0 aliphatic carbocycles. The summed E-state index contributed by atoms with van der Waals surface area (Å²) in [6.07, 6.45) is 1.55. The Labute approximate surface area is 190 Å². The first-order valence-corrected chi connectivity index (χ1v) is 10.6. The van der Waals surface area contributed by atoms with Crippen molar-refractivity contribution in [3.8, 4) is 11.5 Å². The van der Waals surface area contributed by atoms with E-state index in [9.17, 15) is 9.59 Å². The highest BCUT2D eigenvalue weighted by atomic mass is 32.1. The summed E-state index contributed by atoms with van der Waals surface area (Å²) in [4.78, 5) is 26.5. The quantitative estimate of drug-likeness (QED) is 0.308. The van der Waals surface area contributed by atoms with Gasteiger partial charge in [-0.15, -0.1) is 11.3 Å². The highest BCUT2D eigenvalue weighted by Crippen LogP contribution is 2.28. The second kappa shape index (κ2) is 10.9. The van der Waals surface area contributed by atoms with Crippen molar-refractivity contribution >= 4 is 34.9 Å². The Morgan fingerprint density at radius 1 is 0.969 bits per heavy atom. The van der Waals surface area contributed by atoms with Gasteiger partial charge < -0.3 is 14.8 Å². The molecule has 8 heteroatoms. The van der Waals surface area contributed by atoms with E-state index in [1.807, 2.05) is 23.6 Å². The third-order valence-corrected chi connectivity index (χ3v) is 5.43. The van der Waals surface area contributed by atoms with Crippen LogP contribution in [-0.4, -0.2) is 31.7 Å². The van der Waals surface area contributed by atoms with Crippen LogP contribution in [0.25, 0.3) is 6.08 Å². The summed E-state index contributed by atoms with van der Waals surface area (Å²) < 4.78 is 10.6. The summed E-state index contributed by atoms with van der Waals surface area (Å²) in [5, 5.41) is 8.77. The number of hydrazone groups is 1. The van der Waals surface area contributed by atoms with E-state index in [4.69, 9.17) is 9.47 Å². The van der Waals surface area contributed by atoms with Gasteiger partial charge in [-0.25, -0.2) is 5.43 Å². The Bertz CT molecular complexity index is 1140. The molecule has 2 N–H and O–H groups in total. The first-order valence-electron chi connectivity index (χ1n) is 9.70. The molecule has 0 fully saturated rings. The first-order chi connectivity index (χ1) is 15.5. The number of carbonyl (C=O) groups excluding carboxylic acids is 2. The summed E-state index contributed by atoms with van der Waals surface area (Å²) in [6, 6.07) is 17.6. The van der Waals surface area contributed by atoms with Gasteiger partial charge in [0.2, 0.25) is 0 Å². The molecule has 0 saturated heterocycles. The van der Waals surface area contributed by atoms with Gasteiger partial charge in [-0.05, 0) is 54.3 Å². The maximum absolute atomic E-state index is 12.9. The van der Waals surface area contributed by atoms with Gasteiger partial charge in [0.25, 0.3) is 11.8 Å². The van der Waals surface area contributed by atoms with E-state index < -0.39 is 11.8 Å². The molecule has 1 heterocycles. The molecule has 0 bridgehead atoms. The van der Waals surface area contributed by atoms with Gasteiger partial charge >= 0.3 is 0 Å². The molecule has 164 valence electrons. The lowest BCUT2D eigenvalue weighted by Crippen LogP contribution is -2.33. The average molecular weight is 450 g/mol. The van der Waals surface area contributed by atoms with Crippen molar-refractivity contribution in [2.45, 2.75) is 6.92 Å². The van der Waals surface area contributed by atoms with Gasteiger partial charge in [-0.2, -0.15) is 5.10 Å². The maximum atomic E-state index is 12.9. The van der Waals surface area contributed by atoms with Crippen LogP contribution in [0.2, 0.25) is 0 Å². The molecular formula is C24H23N3O4S. The van der Waals surface area contributed by atoms with E-state index in [2.05, 4.69) is 15.8 Å². The fourth-order valence-corrected chi connectivity index (χ4v) is 3.46. The Morgan fingerprint density at radius 2 is 1.72 bits per heavy atom. The van der Waals surface area contributed by atoms with Crippen LogP contribution in [0.15, 0.2) is 76.8 Å². The molecule has 2 aromatic carbocycles. The number of nitrogens with zero attached hydrogens (tertiary/aromatic N) is 1. The monoisotopic (exact) mass is 449 g/mol. The summed E-state index contributed by atoms with van der Waals surface area (Å²) in [7, 11) is 3.07. The van der Waals surface area contributed by atoms with E-state index in [0.29, 0.717) is 28.3 Å². The van der Waals surface area contributed by atoms with Crippen molar-refractivity contribution in [1.29, 1.82) is 0 Å². The van der Waals surface area contributed by atoms with E-state index in [1.54, 1.807) is 62.6 Å². The van der Waals surface area contributed by atoms with Crippen molar-refractivity contribution < 1.29 is 19.1 Å². The number of carbonyl (C=O) groups is 2. The van der Waals surface area contributed by atoms with Crippen LogP contribution in [0.1, 0.15) is 27.7 Å². The van der Waals surface area contributed by atoms with Crippen LogP contribution in [0.5, 0.6) is 11.5 Å². The zero-order valence-corrected chi connectivity index (χ0v) is 18.7. The molecule has 1 aromatic heterocycles. The Balaban J connectivity index is 1.90. The van der Waals surface area contributed by atoms with E-state index in [0.717, 1.165) is 4.88 Å². The second-order valence-corrected chi connectivity index (χ2v) is 7.56. The van der Waals surface area contributed by atoms with Gasteiger partial charge in [0.05, 0.1) is 19.9 Å². The predicted molar refractivity (Wildman–Crippen MR) is 126 cm³/mol. The molecule has 3 rings (SSSR count). The minimum Gasteiger partial charge on any atom is -0.493 e. The zero-order chi connectivity index (χ0) is 22.9. The number of ether oxygens (including phenoxy) is 2. The van der Waals surface area contributed by atoms with E-state index in [-0.39, 0.29) is 5.70 Å². The fraction of sp³-hybridized carbons (Fsp3) is 0.125. The maximum Gasteiger partial charge on any atom is 0.287 e. The minimum atomic E-state index is -0.556. The predicted octanol–water partition coefficient (Wildman–Crippen LogP) is 4.08. The standard InChI is InChI=1S/C24H23N3O4S/c1-16(22-10-7-13-32-22)26-27-24(29)19(25-23(28)18-8-5-4-6-9-18)14-17-11-12-20(30-2)21(15-17)31-3/h4-15H,1-3H3,(H,25,28)(H,27,29)/b19-14+,26-16-. The molecule has 3 aromatic rings. The van der Waals surface area contributed by atoms with Gasteiger partial charge in [0, 0.05) is 10.4 Å². The first kappa shape index (κ1) is 22.8. The molecule has 7 nitrogen and oxygen atoms in total. The Morgan fingerprint density at radius 3 is 2.38 bits per heavy atom. The smallest absolute Gasteiger partial charge is 0.287 e. The number of methoxy groups -OCH3 is 2. The van der Waals surface area contributed by atoms with Crippen molar-refractivity contribution in [2.24, 2.45) is 5.10 Å². The molecule has 2 amide bonds. The van der Waals surface area contributed by atoms with Gasteiger partial charge in [-0.3, -0.25) is 9.59 Å². The lowest BCUT2D eigenvalue weighted by molar-refractivity contribution is -0.117. The van der Waals surface area contributed by atoms with Gasteiger partial charge in [-0.1, -0.05) is 30.3 Å². The largest absolute Gasteiger partial charge is 0.493 e. The zero-order valence-electron chi connectivity index (χ0n) is 17.9. The fourth-order valence-electron chi connectivity index (χ4n) is 2.79. The van der Waals surface area contributed by atoms with Crippen molar-refractivity contribution in [3.63, 3.8) is 0 Å². The van der Waals surface area contributed by atoms with E-state index in [1.165, 1.54) is 18.4 Å². The van der Waals surface area contributed by atoms with E-state index >= 15 is 0 Å². The van der Waals surface area contributed by atoms with Crippen molar-refractivity contribution in [3.05, 3.63) is 87.7 Å². The lowest BCUT2D eigenvalue weighted by Gasteiger charge is -2.11. The summed E-state index contributed by atoms with van der Waals surface area (Å²) >= 11 is 1.52. The summed E-state index contributed by atoms with van der Waals surface area (Å²) in [5.74, 6) is 0.0912. The summed E-state index contributed by atoms with van der Waals surface area (Å²) in [5.41, 5.74) is 4.28. The molecule has 0 spiro atoms. The number of rotatable bonds is 8. The molecule has 0 aliphatic heterocycles. The topological polar surface area (TPSA) is 89.0 Å². The molecular weight excluding hydrogens is 426 g/mol. The Kier molecular flexibility index (Phi) is 7.77.